The Morgan fingerprint density at radius 2 is 1.71 bits per heavy atom. The Morgan fingerprint density at radius 1 is 1.04 bits per heavy atom. The molecule has 0 bridgehead atoms. The minimum absolute atomic E-state index is 0.215. The number of nitrogens with zero attached hydrogens (tertiary/aromatic N) is 2. The highest BCUT2D eigenvalue weighted by Crippen LogP contribution is 2.32. The fourth-order valence-corrected chi connectivity index (χ4v) is 3.08. The lowest BCUT2D eigenvalue weighted by molar-refractivity contribution is -0.137. The van der Waals surface area contributed by atoms with E-state index in [9.17, 15) is 9.59 Å². The zero-order chi connectivity index (χ0) is 17.1. The third kappa shape index (κ3) is 2.89. The summed E-state index contributed by atoms with van der Waals surface area (Å²) in [4.78, 5) is 28.8. The molecule has 0 aromatic heterocycles. The first-order valence-electron chi connectivity index (χ1n) is 8.33. The van der Waals surface area contributed by atoms with Gasteiger partial charge in [-0.05, 0) is 31.5 Å². The standard InChI is InChI=1S/C18H22N2O4/c1-3-20-17(21)15(13-5-7-14(8-6-13)24-4-2)16(18(20)22)19-9-11-23-12-10-19/h5-8H,3-4,9-12H2,1-2H3. The van der Waals surface area contributed by atoms with Crippen molar-refractivity contribution < 1.29 is 19.1 Å². The summed E-state index contributed by atoms with van der Waals surface area (Å²) in [5.41, 5.74) is 1.72. The van der Waals surface area contributed by atoms with Crippen molar-refractivity contribution in [2.24, 2.45) is 0 Å². The van der Waals surface area contributed by atoms with Crippen molar-refractivity contribution in [3.63, 3.8) is 0 Å². The number of ether oxygens (including phenoxy) is 2. The van der Waals surface area contributed by atoms with E-state index in [1.165, 1.54) is 4.90 Å². The zero-order valence-corrected chi connectivity index (χ0v) is 14.1. The van der Waals surface area contributed by atoms with Gasteiger partial charge in [0.1, 0.15) is 11.4 Å². The van der Waals surface area contributed by atoms with E-state index in [2.05, 4.69) is 0 Å². The van der Waals surface area contributed by atoms with Crippen molar-refractivity contribution in [2.45, 2.75) is 13.8 Å². The third-order valence-electron chi connectivity index (χ3n) is 4.24. The number of imide groups is 1. The molecule has 1 saturated heterocycles. The van der Waals surface area contributed by atoms with Crippen molar-refractivity contribution in [3.05, 3.63) is 35.5 Å². The Morgan fingerprint density at radius 3 is 2.29 bits per heavy atom. The highest BCUT2D eigenvalue weighted by Gasteiger charge is 2.40. The van der Waals surface area contributed by atoms with Crippen LogP contribution in [0.1, 0.15) is 19.4 Å². The van der Waals surface area contributed by atoms with E-state index in [0.29, 0.717) is 50.7 Å². The highest BCUT2D eigenvalue weighted by atomic mass is 16.5. The van der Waals surface area contributed by atoms with Gasteiger partial charge >= 0.3 is 0 Å². The monoisotopic (exact) mass is 330 g/mol. The van der Waals surface area contributed by atoms with Crippen LogP contribution in [-0.4, -0.2) is 61.1 Å². The Bertz CT molecular complexity index is 660. The molecule has 0 unspecified atom stereocenters. The predicted octanol–water partition coefficient (Wildman–Crippen LogP) is 1.52. The van der Waals surface area contributed by atoms with Gasteiger partial charge in [0.2, 0.25) is 0 Å². The normalized spacial score (nSPS) is 18.6. The zero-order valence-electron chi connectivity index (χ0n) is 14.1. The van der Waals surface area contributed by atoms with Crippen LogP contribution in [0.15, 0.2) is 30.0 Å². The van der Waals surface area contributed by atoms with E-state index < -0.39 is 0 Å². The van der Waals surface area contributed by atoms with Gasteiger partial charge in [0.15, 0.2) is 0 Å². The summed E-state index contributed by atoms with van der Waals surface area (Å²) in [6.45, 7) is 7.05. The van der Waals surface area contributed by atoms with Gasteiger partial charge in [0.05, 0.1) is 25.4 Å². The lowest BCUT2D eigenvalue weighted by Gasteiger charge is -2.29. The average Bonchev–Trinajstić information content (AvgIpc) is 2.87. The molecular weight excluding hydrogens is 308 g/mol. The van der Waals surface area contributed by atoms with Crippen molar-refractivity contribution in [1.82, 2.24) is 9.80 Å². The minimum Gasteiger partial charge on any atom is -0.494 e. The van der Waals surface area contributed by atoms with E-state index in [4.69, 9.17) is 9.47 Å². The molecule has 2 aliphatic heterocycles. The summed E-state index contributed by atoms with van der Waals surface area (Å²) in [6.07, 6.45) is 0. The van der Waals surface area contributed by atoms with E-state index in [1.54, 1.807) is 0 Å². The topological polar surface area (TPSA) is 59.1 Å². The van der Waals surface area contributed by atoms with E-state index in [-0.39, 0.29) is 11.8 Å². The smallest absolute Gasteiger partial charge is 0.277 e. The number of rotatable bonds is 5. The fraction of sp³-hybridized carbons (Fsp3) is 0.444. The van der Waals surface area contributed by atoms with Gasteiger partial charge in [-0.1, -0.05) is 12.1 Å². The second-order valence-electron chi connectivity index (χ2n) is 5.63. The number of likely N-dealkylation sites (N-methyl/N-ethyl adjacent to an activating group) is 1. The summed E-state index contributed by atoms with van der Waals surface area (Å²) in [6, 6.07) is 7.33. The van der Waals surface area contributed by atoms with Gasteiger partial charge in [-0.3, -0.25) is 14.5 Å². The maximum absolute atomic E-state index is 12.8. The van der Waals surface area contributed by atoms with Crippen LogP contribution in [0.25, 0.3) is 5.57 Å². The van der Waals surface area contributed by atoms with Gasteiger partial charge in [-0.25, -0.2) is 0 Å². The van der Waals surface area contributed by atoms with Crippen LogP contribution in [0.4, 0.5) is 0 Å². The molecular formula is C18H22N2O4. The molecule has 2 aliphatic rings. The quantitative estimate of drug-likeness (QED) is 0.766. The molecule has 1 aromatic carbocycles. The molecule has 2 heterocycles. The number of carbonyl (C=O) groups excluding carboxylic acids is 2. The summed E-state index contributed by atoms with van der Waals surface area (Å²) >= 11 is 0. The van der Waals surface area contributed by atoms with Crippen molar-refractivity contribution in [3.8, 4) is 5.75 Å². The number of morpholine rings is 1. The molecule has 1 fully saturated rings. The SMILES string of the molecule is CCOc1ccc(C2=C(N3CCOCC3)C(=O)N(CC)C2=O)cc1. The minimum atomic E-state index is -0.229. The summed E-state index contributed by atoms with van der Waals surface area (Å²) in [5.74, 6) is 0.306. The maximum Gasteiger partial charge on any atom is 0.277 e. The summed E-state index contributed by atoms with van der Waals surface area (Å²) in [7, 11) is 0. The Balaban J connectivity index is 2.02. The summed E-state index contributed by atoms with van der Waals surface area (Å²) < 4.78 is 10.8. The van der Waals surface area contributed by atoms with Crippen LogP contribution in [0, 0.1) is 0 Å². The average molecular weight is 330 g/mol. The van der Waals surface area contributed by atoms with Crippen LogP contribution < -0.4 is 4.74 Å². The molecule has 128 valence electrons. The van der Waals surface area contributed by atoms with Crippen LogP contribution in [0.2, 0.25) is 0 Å². The van der Waals surface area contributed by atoms with Gasteiger partial charge < -0.3 is 14.4 Å². The maximum atomic E-state index is 12.8. The lowest BCUT2D eigenvalue weighted by atomic mass is 10.0. The molecule has 24 heavy (non-hydrogen) atoms. The van der Waals surface area contributed by atoms with Crippen LogP contribution in [-0.2, 0) is 14.3 Å². The predicted molar refractivity (Wildman–Crippen MR) is 89.3 cm³/mol. The van der Waals surface area contributed by atoms with Crippen molar-refractivity contribution >= 4 is 17.4 Å². The number of carbonyl (C=O) groups is 2. The Hall–Kier alpha value is -2.34. The number of benzene rings is 1. The van der Waals surface area contributed by atoms with Gasteiger partial charge in [0, 0.05) is 19.6 Å². The molecule has 2 amide bonds. The third-order valence-corrected chi connectivity index (χ3v) is 4.24. The summed E-state index contributed by atoms with van der Waals surface area (Å²) in [5, 5.41) is 0. The van der Waals surface area contributed by atoms with Crippen LogP contribution in [0.5, 0.6) is 5.75 Å². The fourth-order valence-electron chi connectivity index (χ4n) is 3.08. The van der Waals surface area contributed by atoms with Crippen LogP contribution in [0.3, 0.4) is 0 Å². The van der Waals surface area contributed by atoms with E-state index in [1.807, 2.05) is 43.0 Å². The number of hydrogen-bond acceptors (Lipinski definition) is 5. The second kappa shape index (κ2) is 7.05. The van der Waals surface area contributed by atoms with Gasteiger partial charge in [0.25, 0.3) is 11.8 Å². The largest absolute Gasteiger partial charge is 0.494 e. The second-order valence-corrected chi connectivity index (χ2v) is 5.63. The molecule has 0 N–H and O–H groups in total. The molecule has 0 atom stereocenters. The Labute approximate surface area is 141 Å². The molecule has 0 aliphatic carbocycles. The molecule has 1 aromatic rings. The molecule has 0 saturated carbocycles. The molecule has 0 radical (unpaired) electrons. The van der Waals surface area contributed by atoms with E-state index in [0.717, 1.165) is 11.3 Å². The first-order valence-corrected chi connectivity index (χ1v) is 8.33. The van der Waals surface area contributed by atoms with Crippen molar-refractivity contribution in [2.75, 3.05) is 39.5 Å². The van der Waals surface area contributed by atoms with Gasteiger partial charge in [-0.2, -0.15) is 0 Å². The number of hydrogen-bond donors (Lipinski definition) is 0. The van der Waals surface area contributed by atoms with Crippen molar-refractivity contribution in [1.29, 1.82) is 0 Å². The molecule has 6 heteroatoms. The molecule has 0 spiro atoms. The first kappa shape index (κ1) is 16.5. The highest BCUT2D eigenvalue weighted by molar-refractivity contribution is 6.35. The molecule has 3 rings (SSSR count). The Kier molecular flexibility index (Phi) is 4.85. The number of amides is 2. The lowest BCUT2D eigenvalue weighted by Crippen LogP contribution is -2.40. The first-order chi connectivity index (χ1) is 11.7. The van der Waals surface area contributed by atoms with Crippen LogP contribution >= 0.6 is 0 Å². The van der Waals surface area contributed by atoms with E-state index >= 15 is 0 Å². The van der Waals surface area contributed by atoms with Gasteiger partial charge in [-0.15, -0.1) is 0 Å². The molecule has 6 nitrogen and oxygen atoms in total.